The molecule has 0 saturated heterocycles. The molecule has 0 spiro atoms. The molecule has 8 nitrogen and oxygen atoms in total. The molecule has 0 aliphatic heterocycles. The highest BCUT2D eigenvalue weighted by Crippen LogP contribution is 2.21. The fraction of sp³-hybridized carbons (Fsp3) is 0.353. The molecule has 1 aromatic carbocycles. The number of ether oxygens (including phenoxy) is 2. The Balaban J connectivity index is 2.26. The zero-order chi connectivity index (χ0) is 18.2. The Bertz CT molecular complexity index is 788. The number of carbonyl (C=O) groups excluding carboxylic acids is 1. The average molecular weight is 347 g/mol. The molecule has 0 aliphatic carbocycles. The van der Waals surface area contributed by atoms with Gasteiger partial charge in [0.1, 0.15) is 11.4 Å². The molecule has 0 atom stereocenters. The Morgan fingerprint density at radius 1 is 1.36 bits per heavy atom. The first kappa shape index (κ1) is 18.5. The van der Waals surface area contributed by atoms with Crippen LogP contribution in [0.15, 0.2) is 35.1 Å². The van der Waals surface area contributed by atoms with Crippen molar-refractivity contribution in [1.29, 1.82) is 0 Å². The number of carbonyl (C=O) groups is 1. The number of aromatic hydroxyl groups is 1. The van der Waals surface area contributed by atoms with E-state index in [1.165, 1.54) is 7.11 Å². The van der Waals surface area contributed by atoms with Crippen molar-refractivity contribution in [2.24, 2.45) is 0 Å². The molecule has 1 aromatic heterocycles. The molecule has 2 aromatic rings. The van der Waals surface area contributed by atoms with Crippen molar-refractivity contribution >= 4 is 5.91 Å². The Labute approximate surface area is 145 Å². The Morgan fingerprint density at radius 3 is 2.84 bits per heavy atom. The van der Waals surface area contributed by atoms with Gasteiger partial charge in [0.15, 0.2) is 11.4 Å². The molecule has 0 unspecified atom stereocenters. The van der Waals surface area contributed by atoms with Crippen LogP contribution in [0, 0.1) is 0 Å². The highest BCUT2D eigenvalue weighted by atomic mass is 16.5. The summed E-state index contributed by atoms with van der Waals surface area (Å²) in [7, 11) is 1.47. The van der Waals surface area contributed by atoms with Gasteiger partial charge in [0.2, 0.25) is 0 Å². The van der Waals surface area contributed by atoms with Crippen LogP contribution in [0.5, 0.6) is 11.5 Å². The predicted octanol–water partition coefficient (Wildman–Crippen LogP) is 1.10. The fourth-order valence-electron chi connectivity index (χ4n) is 2.19. The van der Waals surface area contributed by atoms with Crippen molar-refractivity contribution in [3.63, 3.8) is 0 Å². The van der Waals surface area contributed by atoms with Crippen LogP contribution in [0.3, 0.4) is 0 Å². The van der Waals surface area contributed by atoms with E-state index < -0.39 is 17.2 Å². The maximum atomic E-state index is 12.2. The number of hydrogen-bond donors (Lipinski definition) is 2. The minimum atomic E-state index is -0.574. The van der Waals surface area contributed by atoms with Crippen LogP contribution in [0.25, 0.3) is 5.69 Å². The molecule has 2 rings (SSSR count). The van der Waals surface area contributed by atoms with Gasteiger partial charge in [-0.1, -0.05) is 12.1 Å². The third-order valence-electron chi connectivity index (χ3n) is 3.40. The number of nitrogens with one attached hydrogen (secondary N) is 1. The molecule has 25 heavy (non-hydrogen) atoms. The summed E-state index contributed by atoms with van der Waals surface area (Å²) in [6, 6.07) is 7.72. The standard InChI is InChI=1S/C17H21N3O5/c1-3-25-10-6-9-18-17(23)16-13(21)11-15(22)20(19-16)12-7-4-5-8-14(12)24-2/h4-5,7-8,11,21H,3,6,9-10H2,1-2H3,(H,18,23). The maximum absolute atomic E-state index is 12.2. The van der Waals surface area contributed by atoms with Crippen molar-refractivity contribution in [2.45, 2.75) is 13.3 Å². The molecule has 0 saturated carbocycles. The highest BCUT2D eigenvalue weighted by molar-refractivity contribution is 5.94. The summed E-state index contributed by atoms with van der Waals surface area (Å²) in [5.41, 5.74) is -0.433. The van der Waals surface area contributed by atoms with Crippen LogP contribution in [0.2, 0.25) is 0 Å². The lowest BCUT2D eigenvalue weighted by Gasteiger charge is -2.12. The topological polar surface area (TPSA) is 103 Å². The zero-order valence-electron chi connectivity index (χ0n) is 14.2. The van der Waals surface area contributed by atoms with E-state index in [9.17, 15) is 14.7 Å². The maximum Gasteiger partial charge on any atom is 0.275 e. The Morgan fingerprint density at radius 2 is 2.12 bits per heavy atom. The Kier molecular flexibility index (Phi) is 6.53. The molecule has 0 bridgehead atoms. The largest absolute Gasteiger partial charge is 0.505 e. The quantitative estimate of drug-likeness (QED) is 0.693. The molecule has 2 N–H and O–H groups in total. The van der Waals surface area contributed by atoms with Gasteiger partial charge in [-0.15, -0.1) is 0 Å². The van der Waals surface area contributed by atoms with Crippen molar-refractivity contribution in [3.05, 3.63) is 46.4 Å². The lowest BCUT2D eigenvalue weighted by atomic mass is 10.3. The molecule has 0 aliphatic rings. The number of nitrogens with zero attached hydrogens (tertiary/aromatic N) is 2. The molecule has 8 heteroatoms. The van der Waals surface area contributed by atoms with Crippen LogP contribution in [-0.4, -0.2) is 47.7 Å². The number of para-hydroxylation sites is 2. The summed E-state index contributed by atoms with van der Waals surface area (Å²) in [6.07, 6.45) is 0.631. The molecule has 134 valence electrons. The average Bonchev–Trinajstić information content (AvgIpc) is 2.61. The van der Waals surface area contributed by atoms with E-state index in [1.54, 1.807) is 24.3 Å². The first-order valence-electron chi connectivity index (χ1n) is 7.91. The molecular formula is C17H21N3O5. The SMILES string of the molecule is CCOCCCNC(=O)c1nn(-c2ccccc2OC)c(=O)cc1O. The Hall–Kier alpha value is -2.87. The van der Waals surface area contributed by atoms with Crippen LogP contribution in [0.1, 0.15) is 23.8 Å². The first-order chi connectivity index (χ1) is 12.1. The summed E-state index contributed by atoms with van der Waals surface area (Å²) in [6.45, 7) is 3.40. The van der Waals surface area contributed by atoms with E-state index in [0.717, 1.165) is 10.7 Å². The van der Waals surface area contributed by atoms with Crippen molar-refractivity contribution in [1.82, 2.24) is 15.1 Å². The van der Waals surface area contributed by atoms with Gasteiger partial charge in [-0.25, -0.2) is 0 Å². The summed E-state index contributed by atoms with van der Waals surface area (Å²) in [4.78, 5) is 24.4. The van der Waals surface area contributed by atoms with Gasteiger partial charge in [-0.2, -0.15) is 9.78 Å². The van der Waals surface area contributed by atoms with Gasteiger partial charge >= 0.3 is 0 Å². The number of benzene rings is 1. The third-order valence-corrected chi connectivity index (χ3v) is 3.40. The third kappa shape index (κ3) is 4.57. The van der Waals surface area contributed by atoms with Gasteiger partial charge in [0, 0.05) is 25.8 Å². The van der Waals surface area contributed by atoms with Gasteiger partial charge in [0.25, 0.3) is 11.5 Å². The normalized spacial score (nSPS) is 10.5. The number of rotatable bonds is 8. The van der Waals surface area contributed by atoms with Crippen LogP contribution in [0.4, 0.5) is 0 Å². The number of hydrogen-bond acceptors (Lipinski definition) is 6. The lowest BCUT2D eigenvalue weighted by molar-refractivity contribution is 0.0934. The first-order valence-corrected chi connectivity index (χ1v) is 7.91. The predicted molar refractivity (Wildman–Crippen MR) is 91.5 cm³/mol. The summed E-state index contributed by atoms with van der Waals surface area (Å²) >= 11 is 0. The fourth-order valence-corrected chi connectivity index (χ4v) is 2.19. The second-order valence-electron chi connectivity index (χ2n) is 5.11. The van der Waals surface area contributed by atoms with E-state index >= 15 is 0 Å². The molecule has 1 amide bonds. The summed E-state index contributed by atoms with van der Waals surface area (Å²) in [5, 5.41) is 16.5. The van der Waals surface area contributed by atoms with Gasteiger partial charge < -0.3 is 19.9 Å². The van der Waals surface area contributed by atoms with Crippen LogP contribution < -0.4 is 15.6 Å². The minimum absolute atomic E-state index is 0.234. The van der Waals surface area contributed by atoms with E-state index in [2.05, 4.69) is 10.4 Å². The van der Waals surface area contributed by atoms with Gasteiger partial charge in [0.05, 0.1) is 7.11 Å². The summed E-state index contributed by atoms with van der Waals surface area (Å²) in [5.74, 6) is -0.623. The molecule has 0 radical (unpaired) electrons. The van der Waals surface area contributed by atoms with Crippen LogP contribution >= 0.6 is 0 Å². The number of amides is 1. The lowest BCUT2D eigenvalue weighted by Crippen LogP contribution is -2.30. The second kappa shape index (κ2) is 8.84. The van der Waals surface area contributed by atoms with Crippen molar-refractivity contribution in [3.8, 4) is 17.2 Å². The molecule has 0 fully saturated rings. The number of methoxy groups -OCH3 is 1. The summed E-state index contributed by atoms with van der Waals surface area (Å²) < 4.78 is 11.4. The van der Waals surface area contributed by atoms with Crippen molar-refractivity contribution < 1.29 is 19.4 Å². The van der Waals surface area contributed by atoms with E-state index in [-0.39, 0.29) is 5.69 Å². The monoisotopic (exact) mass is 347 g/mol. The minimum Gasteiger partial charge on any atom is -0.505 e. The number of aromatic nitrogens is 2. The van der Waals surface area contributed by atoms with E-state index in [4.69, 9.17) is 9.47 Å². The molecule has 1 heterocycles. The van der Waals surface area contributed by atoms with Gasteiger partial charge in [-0.3, -0.25) is 9.59 Å². The van der Waals surface area contributed by atoms with E-state index in [0.29, 0.717) is 37.6 Å². The smallest absolute Gasteiger partial charge is 0.275 e. The van der Waals surface area contributed by atoms with Crippen LogP contribution in [-0.2, 0) is 4.74 Å². The van der Waals surface area contributed by atoms with Gasteiger partial charge in [-0.05, 0) is 25.5 Å². The highest BCUT2D eigenvalue weighted by Gasteiger charge is 2.17. The zero-order valence-corrected chi connectivity index (χ0v) is 14.2. The van der Waals surface area contributed by atoms with E-state index in [1.807, 2.05) is 6.92 Å². The second-order valence-corrected chi connectivity index (χ2v) is 5.11. The molecular weight excluding hydrogens is 326 g/mol. The van der Waals surface area contributed by atoms with Crippen molar-refractivity contribution in [2.75, 3.05) is 26.9 Å².